The molecule has 11 nitrogen and oxygen atoms in total. The normalized spacial score (nSPS) is 17.2. The number of hydrogen-bond acceptors (Lipinski definition) is 10. The standard InChI is InChI=1S/C39H52N6O5S/c1-5-43-18-20-44(21-19-43)28-13-16-32-33(24-28)42-37(41-32)27-11-14-29(15-12-27)49-22-9-23-50-35-26-30(47-4)25-31(36(35)40)38(46)45-17-8-10-34(45)39(48-6-2)51-7-3/h11-16,24-26,34,39H,5-10,17-23,40H2,1-4H3,(H,41,42)/t34-,39?/m0/s1. The highest BCUT2D eigenvalue weighted by Gasteiger charge is 2.37. The number of carbonyl (C=O) groups excluding carboxylic acids is 1. The van der Waals surface area contributed by atoms with Crippen molar-refractivity contribution in [2.45, 2.75) is 51.5 Å². The van der Waals surface area contributed by atoms with Gasteiger partial charge >= 0.3 is 0 Å². The van der Waals surface area contributed by atoms with Crippen molar-refractivity contribution in [3.8, 4) is 28.6 Å². The zero-order chi connectivity index (χ0) is 35.7. The number of anilines is 2. The molecule has 3 heterocycles. The fourth-order valence-corrected chi connectivity index (χ4v) is 7.96. The molecule has 0 aliphatic carbocycles. The molecular weight excluding hydrogens is 665 g/mol. The highest BCUT2D eigenvalue weighted by molar-refractivity contribution is 7.99. The van der Waals surface area contributed by atoms with Gasteiger partial charge in [0.25, 0.3) is 5.91 Å². The number of H-pyrrole nitrogens is 1. The number of likely N-dealkylation sites (N-methyl/N-ethyl adjacent to an activating group) is 1. The van der Waals surface area contributed by atoms with E-state index in [9.17, 15) is 4.79 Å². The summed E-state index contributed by atoms with van der Waals surface area (Å²) in [6.07, 6.45) is 2.45. The lowest BCUT2D eigenvalue weighted by molar-refractivity contribution is 0.0461. The third-order valence-electron chi connectivity index (χ3n) is 9.71. The third kappa shape index (κ3) is 8.68. The Morgan fingerprint density at radius 1 is 0.980 bits per heavy atom. The first-order valence-corrected chi connectivity index (χ1v) is 19.3. The first-order chi connectivity index (χ1) is 24.9. The fraction of sp³-hybridized carbons (Fsp3) is 0.487. The maximum Gasteiger partial charge on any atom is 0.256 e. The van der Waals surface area contributed by atoms with Crippen LogP contribution in [0, 0.1) is 0 Å². The highest BCUT2D eigenvalue weighted by atomic mass is 32.2. The Balaban J connectivity index is 1.02. The second kappa shape index (κ2) is 17.4. The number of aromatic nitrogens is 2. The van der Waals surface area contributed by atoms with Crippen LogP contribution in [-0.2, 0) is 4.74 Å². The van der Waals surface area contributed by atoms with Crippen molar-refractivity contribution in [2.75, 3.05) is 82.6 Å². The van der Waals surface area contributed by atoms with Crippen LogP contribution in [0.3, 0.4) is 0 Å². The number of nitrogen functional groups attached to an aromatic ring is 1. The number of imidazole rings is 1. The molecule has 3 N–H and O–H groups in total. The molecule has 2 saturated heterocycles. The third-order valence-corrected chi connectivity index (χ3v) is 10.8. The molecule has 1 aromatic heterocycles. The first-order valence-electron chi connectivity index (χ1n) is 18.3. The minimum Gasteiger partial charge on any atom is -0.497 e. The number of nitrogens with one attached hydrogen (secondary N) is 1. The maximum atomic E-state index is 13.8. The van der Waals surface area contributed by atoms with Gasteiger partial charge in [-0.15, -0.1) is 11.8 Å². The number of nitrogens with zero attached hydrogens (tertiary/aromatic N) is 4. The van der Waals surface area contributed by atoms with Crippen LogP contribution >= 0.6 is 11.8 Å². The molecule has 12 heteroatoms. The number of methoxy groups -OCH3 is 1. The molecule has 2 atom stereocenters. The highest BCUT2D eigenvalue weighted by Crippen LogP contribution is 2.36. The van der Waals surface area contributed by atoms with Gasteiger partial charge in [-0.25, -0.2) is 4.98 Å². The van der Waals surface area contributed by atoms with Gasteiger partial charge in [0.15, 0.2) is 0 Å². The molecule has 0 bridgehead atoms. The monoisotopic (exact) mass is 716 g/mol. The van der Waals surface area contributed by atoms with Crippen LogP contribution in [0.4, 0.5) is 11.4 Å². The minimum absolute atomic E-state index is 0.00691. The first kappa shape index (κ1) is 36.7. The minimum atomic E-state index is -0.125. The molecule has 2 aliphatic rings. The molecular formula is C39H52N6O5S. The summed E-state index contributed by atoms with van der Waals surface area (Å²) in [5, 5.41) is 0. The zero-order valence-electron chi connectivity index (χ0n) is 30.4. The summed E-state index contributed by atoms with van der Waals surface area (Å²) in [5.74, 6) is 3.34. The number of carbonyl (C=O) groups is 1. The van der Waals surface area contributed by atoms with Crippen molar-refractivity contribution in [1.82, 2.24) is 19.8 Å². The van der Waals surface area contributed by atoms with E-state index in [1.54, 1.807) is 31.0 Å². The van der Waals surface area contributed by atoms with Crippen LogP contribution in [0.15, 0.2) is 54.6 Å². The fourth-order valence-electron chi connectivity index (χ4n) is 6.89. The molecule has 1 unspecified atom stereocenters. The van der Waals surface area contributed by atoms with Crippen LogP contribution in [-0.4, -0.2) is 109 Å². The summed E-state index contributed by atoms with van der Waals surface area (Å²) in [5.41, 5.74) is 11.4. The summed E-state index contributed by atoms with van der Waals surface area (Å²) in [6, 6.07) is 17.9. The van der Waals surface area contributed by atoms with Crippen molar-refractivity contribution in [3.05, 3.63) is 60.2 Å². The summed E-state index contributed by atoms with van der Waals surface area (Å²) in [4.78, 5) is 29.0. The number of likely N-dealkylation sites (tertiary alicyclic amines) is 1. The predicted octanol–water partition coefficient (Wildman–Crippen LogP) is 6.53. The quantitative estimate of drug-likeness (QED) is 0.0753. The van der Waals surface area contributed by atoms with Gasteiger partial charge in [-0.3, -0.25) is 4.79 Å². The Kier molecular flexibility index (Phi) is 12.5. The summed E-state index contributed by atoms with van der Waals surface area (Å²) in [6.45, 7) is 13.8. The lowest BCUT2D eigenvalue weighted by Gasteiger charge is -2.35. The van der Waals surface area contributed by atoms with Gasteiger partial charge in [-0.05, 0) is 80.6 Å². The number of rotatable bonds is 16. The number of fused-ring (bicyclic) bond motifs is 1. The molecule has 51 heavy (non-hydrogen) atoms. The smallest absolute Gasteiger partial charge is 0.256 e. The Morgan fingerprint density at radius 3 is 2.49 bits per heavy atom. The molecule has 3 aromatic carbocycles. The van der Waals surface area contributed by atoms with E-state index in [4.69, 9.17) is 29.7 Å². The van der Waals surface area contributed by atoms with E-state index in [0.717, 1.165) is 79.5 Å². The van der Waals surface area contributed by atoms with Crippen LogP contribution in [0.1, 0.15) is 50.4 Å². The van der Waals surface area contributed by atoms with E-state index in [-0.39, 0.29) is 17.4 Å². The maximum absolute atomic E-state index is 13.8. The molecule has 274 valence electrons. The van der Waals surface area contributed by atoms with Crippen LogP contribution in [0.2, 0.25) is 0 Å². The number of ether oxygens (including phenoxy) is 4. The molecule has 4 aromatic rings. The number of benzene rings is 3. The Morgan fingerprint density at radius 2 is 1.76 bits per heavy atom. The second-order valence-corrected chi connectivity index (χ2v) is 14.2. The average molecular weight is 717 g/mol. The second-order valence-electron chi connectivity index (χ2n) is 12.9. The van der Waals surface area contributed by atoms with Crippen LogP contribution < -0.4 is 24.8 Å². The topological polar surface area (TPSA) is 118 Å². The Bertz CT molecular complexity index is 1740. The molecule has 2 aliphatic heterocycles. The zero-order valence-corrected chi connectivity index (χ0v) is 31.2. The number of amides is 1. The number of thioether (sulfide) groups is 1. The van der Waals surface area contributed by atoms with Crippen molar-refractivity contribution in [3.63, 3.8) is 0 Å². The molecule has 0 radical (unpaired) electrons. The SMILES string of the molecule is CCOC(SCC)[C@@H]1CCCN1C(=O)c1cc(OC)cc(OCCCOc2ccc(-c3nc4ccc(N5CCN(CC)CC5)cc4[nH]3)cc2)c1N. The van der Waals surface area contributed by atoms with E-state index in [0.29, 0.717) is 55.5 Å². The van der Waals surface area contributed by atoms with Gasteiger partial charge in [0.2, 0.25) is 0 Å². The van der Waals surface area contributed by atoms with E-state index in [1.165, 1.54) is 5.69 Å². The van der Waals surface area contributed by atoms with E-state index < -0.39 is 0 Å². The number of hydrogen-bond donors (Lipinski definition) is 2. The summed E-state index contributed by atoms with van der Waals surface area (Å²) < 4.78 is 23.7. The van der Waals surface area contributed by atoms with Crippen molar-refractivity contribution >= 4 is 40.1 Å². The lowest BCUT2D eigenvalue weighted by Crippen LogP contribution is -2.46. The number of piperazine rings is 1. The van der Waals surface area contributed by atoms with Crippen LogP contribution in [0.5, 0.6) is 17.2 Å². The number of nitrogens with two attached hydrogens (primary N) is 1. The van der Waals surface area contributed by atoms with Crippen LogP contribution in [0.25, 0.3) is 22.4 Å². The van der Waals surface area contributed by atoms with Gasteiger partial charge in [0.05, 0.1) is 48.6 Å². The van der Waals surface area contributed by atoms with Crippen molar-refractivity contribution in [1.29, 1.82) is 0 Å². The van der Waals surface area contributed by atoms with Gasteiger partial charge < -0.3 is 44.4 Å². The van der Waals surface area contributed by atoms with Gasteiger partial charge in [-0.1, -0.05) is 13.8 Å². The predicted molar refractivity (Wildman–Crippen MR) is 206 cm³/mol. The van der Waals surface area contributed by atoms with Gasteiger partial charge in [0, 0.05) is 63.1 Å². The Labute approximate surface area is 305 Å². The largest absolute Gasteiger partial charge is 0.497 e. The lowest BCUT2D eigenvalue weighted by atomic mass is 10.1. The Hall–Kier alpha value is -4.13. The average Bonchev–Trinajstić information content (AvgIpc) is 3.83. The molecule has 1 amide bonds. The van der Waals surface area contributed by atoms with E-state index in [2.05, 4.69) is 46.8 Å². The van der Waals surface area contributed by atoms with Crippen molar-refractivity contribution in [2.24, 2.45) is 0 Å². The van der Waals surface area contributed by atoms with Gasteiger partial charge in [0.1, 0.15) is 28.5 Å². The van der Waals surface area contributed by atoms with Crippen molar-refractivity contribution < 1.29 is 23.7 Å². The molecule has 2 fully saturated rings. The molecule has 0 saturated carbocycles. The van der Waals surface area contributed by atoms with E-state index in [1.807, 2.05) is 36.1 Å². The van der Waals surface area contributed by atoms with Gasteiger partial charge in [-0.2, -0.15) is 0 Å². The summed E-state index contributed by atoms with van der Waals surface area (Å²) >= 11 is 1.73. The van der Waals surface area contributed by atoms with E-state index >= 15 is 0 Å². The summed E-state index contributed by atoms with van der Waals surface area (Å²) in [7, 11) is 1.57. The molecule has 6 rings (SSSR count). The number of aromatic amines is 1. The molecule has 0 spiro atoms.